The van der Waals surface area contributed by atoms with E-state index in [9.17, 15) is 0 Å². The molecule has 0 bridgehead atoms. The molecule has 7 aromatic carbocycles. The SMILES string of the molecule is Cp1c2ccccc2c2c(-c3ccc(-c4cccc(-c5nc6c(-c7ccccc7)cc(-c7ccccc7)cn6n5)c4)c4ccccc34)cccc21. The molecule has 10 aromatic rings. The number of pyridine rings is 1. The molecular formula is C47H32N3P. The Morgan fingerprint density at radius 3 is 1.84 bits per heavy atom. The van der Waals surface area contributed by atoms with Crippen LogP contribution >= 0.6 is 7.53 Å². The molecule has 3 aromatic heterocycles. The number of benzene rings is 7. The smallest absolute Gasteiger partial charge is 0.182 e. The summed E-state index contributed by atoms with van der Waals surface area (Å²) in [5.74, 6) is 0.703. The van der Waals surface area contributed by atoms with Crippen molar-refractivity contribution in [3.63, 3.8) is 0 Å². The Kier molecular flexibility index (Phi) is 6.94. The average molecular weight is 670 g/mol. The van der Waals surface area contributed by atoms with Crippen LogP contribution in [0.2, 0.25) is 0 Å². The predicted octanol–water partition coefficient (Wildman–Crippen LogP) is 13.0. The van der Waals surface area contributed by atoms with E-state index in [2.05, 4.69) is 171 Å². The lowest BCUT2D eigenvalue weighted by Crippen LogP contribution is -1.93. The summed E-state index contributed by atoms with van der Waals surface area (Å²) in [7, 11) is -0.366. The molecule has 3 heterocycles. The first-order chi connectivity index (χ1) is 25.2. The molecule has 240 valence electrons. The van der Waals surface area contributed by atoms with Crippen LogP contribution in [0.25, 0.3) is 93.3 Å². The monoisotopic (exact) mass is 669 g/mol. The zero-order valence-corrected chi connectivity index (χ0v) is 28.9. The van der Waals surface area contributed by atoms with Gasteiger partial charge in [-0.25, -0.2) is 9.50 Å². The third-order valence-corrected chi connectivity index (χ3v) is 12.4. The molecule has 0 radical (unpaired) electrons. The van der Waals surface area contributed by atoms with Crippen molar-refractivity contribution in [3.8, 4) is 55.9 Å². The van der Waals surface area contributed by atoms with Crippen LogP contribution in [0.1, 0.15) is 0 Å². The summed E-state index contributed by atoms with van der Waals surface area (Å²) >= 11 is 0. The van der Waals surface area contributed by atoms with E-state index in [1.54, 1.807) is 0 Å². The predicted molar refractivity (Wildman–Crippen MR) is 216 cm³/mol. The first-order valence-corrected chi connectivity index (χ1v) is 19.1. The van der Waals surface area contributed by atoms with Gasteiger partial charge in [0.25, 0.3) is 0 Å². The first-order valence-electron chi connectivity index (χ1n) is 17.3. The van der Waals surface area contributed by atoms with Crippen LogP contribution in [0, 0.1) is 0 Å². The second-order valence-electron chi connectivity index (χ2n) is 13.1. The molecule has 0 spiro atoms. The molecule has 0 aliphatic heterocycles. The Morgan fingerprint density at radius 2 is 1.04 bits per heavy atom. The molecule has 3 nitrogen and oxygen atoms in total. The van der Waals surface area contributed by atoms with Gasteiger partial charge in [0, 0.05) is 38.5 Å². The summed E-state index contributed by atoms with van der Waals surface area (Å²) in [6.07, 6.45) is 2.09. The highest BCUT2D eigenvalue weighted by atomic mass is 31.1. The third kappa shape index (κ3) is 4.89. The highest BCUT2D eigenvalue weighted by Crippen LogP contribution is 2.50. The van der Waals surface area contributed by atoms with E-state index in [-0.39, 0.29) is 7.53 Å². The number of fused-ring (bicyclic) bond motifs is 5. The van der Waals surface area contributed by atoms with E-state index in [1.807, 2.05) is 16.6 Å². The second-order valence-corrected chi connectivity index (χ2v) is 15.2. The maximum absolute atomic E-state index is 5.16. The van der Waals surface area contributed by atoms with Crippen LogP contribution in [0.15, 0.2) is 176 Å². The number of hydrogen-bond acceptors (Lipinski definition) is 2. The standard InChI is InChI=1S/C47H32N3P/c1-51-43-24-11-10-22-41(43)45-40(23-13-25-44(45)51)39-27-26-36(37-20-8-9-21-38(37)39)33-18-12-19-34(28-33)46-48-47-42(32-16-6-3-7-17-32)29-35(30-50(47)49-46)31-14-4-2-5-15-31/h2-30H,1H3. The molecule has 1 unspecified atom stereocenters. The van der Waals surface area contributed by atoms with Crippen molar-refractivity contribution in [1.82, 2.24) is 14.6 Å². The van der Waals surface area contributed by atoms with E-state index in [0.29, 0.717) is 5.82 Å². The number of nitrogens with zero attached hydrogens (tertiary/aromatic N) is 3. The lowest BCUT2D eigenvalue weighted by Gasteiger charge is -2.14. The minimum atomic E-state index is -0.366. The zero-order chi connectivity index (χ0) is 33.9. The minimum Gasteiger partial charge on any atom is -0.219 e. The van der Waals surface area contributed by atoms with Crippen molar-refractivity contribution in [1.29, 1.82) is 0 Å². The summed E-state index contributed by atoms with van der Waals surface area (Å²) in [6, 6.07) is 61.1. The highest BCUT2D eigenvalue weighted by molar-refractivity contribution is 7.59. The normalized spacial score (nSPS) is 12.0. The quantitative estimate of drug-likeness (QED) is 0.183. The summed E-state index contributed by atoms with van der Waals surface area (Å²) in [6.45, 7) is 2.39. The molecule has 51 heavy (non-hydrogen) atoms. The van der Waals surface area contributed by atoms with Gasteiger partial charge in [-0.1, -0.05) is 158 Å². The fraction of sp³-hybridized carbons (Fsp3) is 0.0213. The fourth-order valence-corrected chi connectivity index (χ4v) is 9.78. The number of aromatic nitrogens is 3. The Hall–Kier alpha value is -6.28. The van der Waals surface area contributed by atoms with Gasteiger partial charge in [-0.15, -0.1) is 12.6 Å². The number of hydrogen-bond donors (Lipinski definition) is 0. The maximum Gasteiger partial charge on any atom is 0.182 e. The largest absolute Gasteiger partial charge is 0.219 e. The Bertz CT molecular complexity index is 2920. The summed E-state index contributed by atoms with van der Waals surface area (Å²) < 4.78 is 1.94. The lowest BCUT2D eigenvalue weighted by molar-refractivity contribution is 0.968. The molecular weight excluding hydrogens is 638 g/mol. The van der Waals surface area contributed by atoms with E-state index >= 15 is 0 Å². The van der Waals surface area contributed by atoms with Gasteiger partial charge in [-0.3, -0.25) is 0 Å². The Labute approximate surface area is 297 Å². The van der Waals surface area contributed by atoms with E-state index in [4.69, 9.17) is 10.1 Å². The van der Waals surface area contributed by atoms with Gasteiger partial charge in [0.2, 0.25) is 0 Å². The van der Waals surface area contributed by atoms with Crippen molar-refractivity contribution < 1.29 is 0 Å². The molecule has 0 aliphatic rings. The van der Waals surface area contributed by atoms with Crippen LogP contribution in [0.4, 0.5) is 0 Å². The molecule has 4 heteroatoms. The molecule has 0 saturated carbocycles. The molecule has 0 aliphatic carbocycles. The summed E-state index contributed by atoms with van der Waals surface area (Å²) in [4.78, 5) is 5.16. The Balaban J connectivity index is 1.12. The van der Waals surface area contributed by atoms with Gasteiger partial charge in [-0.2, -0.15) is 0 Å². The third-order valence-electron chi connectivity index (χ3n) is 10.2. The van der Waals surface area contributed by atoms with Crippen molar-refractivity contribution in [3.05, 3.63) is 176 Å². The Morgan fingerprint density at radius 1 is 0.431 bits per heavy atom. The van der Waals surface area contributed by atoms with Crippen molar-refractivity contribution in [2.24, 2.45) is 6.66 Å². The molecule has 10 rings (SSSR count). The number of aryl methyl sites for hydroxylation is 1. The lowest BCUT2D eigenvalue weighted by atomic mass is 9.90. The van der Waals surface area contributed by atoms with E-state index in [1.165, 1.54) is 48.5 Å². The van der Waals surface area contributed by atoms with E-state index < -0.39 is 0 Å². The van der Waals surface area contributed by atoms with Crippen molar-refractivity contribution >= 4 is 45.0 Å². The topological polar surface area (TPSA) is 30.2 Å². The summed E-state index contributed by atoms with van der Waals surface area (Å²) in [5.41, 5.74) is 11.1. The summed E-state index contributed by atoms with van der Waals surface area (Å²) in [5, 5.41) is 13.3. The molecule has 0 fully saturated rings. The van der Waals surface area contributed by atoms with E-state index in [0.717, 1.165) is 39.0 Å². The van der Waals surface area contributed by atoms with Gasteiger partial charge >= 0.3 is 0 Å². The van der Waals surface area contributed by atoms with Gasteiger partial charge in [0.1, 0.15) is 0 Å². The fourth-order valence-electron chi connectivity index (χ4n) is 7.77. The molecule has 0 N–H and O–H groups in total. The molecule has 0 saturated heterocycles. The molecule has 0 amide bonds. The minimum absolute atomic E-state index is 0.366. The van der Waals surface area contributed by atoms with Crippen LogP contribution < -0.4 is 0 Å². The van der Waals surface area contributed by atoms with Gasteiger partial charge in [0.15, 0.2) is 11.5 Å². The van der Waals surface area contributed by atoms with Crippen molar-refractivity contribution in [2.75, 3.05) is 0 Å². The van der Waals surface area contributed by atoms with Crippen molar-refractivity contribution in [2.45, 2.75) is 0 Å². The second kappa shape index (κ2) is 11.9. The van der Waals surface area contributed by atoms with Gasteiger partial charge in [0.05, 0.1) is 0 Å². The first kappa shape index (κ1) is 29.6. The number of rotatable bonds is 5. The molecule has 1 atom stereocenters. The van der Waals surface area contributed by atoms with Crippen LogP contribution in [0.5, 0.6) is 0 Å². The zero-order valence-electron chi connectivity index (χ0n) is 28.0. The van der Waals surface area contributed by atoms with Gasteiger partial charge in [-0.05, 0) is 68.3 Å². The average Bonchev–Trinajstić information content (AvgIpc) is 3.77. The van der Waals surface area contributed by atoms with Crippen LogP contribution in [-0.2, 0) is 6.66 Å². The van der Waals surface area contributed by atoms with Crippen LogP contribution in [-0.4, -0.2) is 14.6 Å². The highest BCUT2D eigenvalue weighted by Gasteiger charge is 2.18. The van der Waals surface area contributed by atoms with Gasteiger partial charge < -0.3 is 0 Å². The maximum atomic E-state index is 5.16. The van der Waals surface area contributed by atoms with Crippen LogP contribution in [0.3, 0.4) is 0 Å².